The molecule has 0 saturated carbocycles. The third-order valence-electron chi connectivity index (χ3n) is 1.72. The highest BCUT2D eigenvalue weighted by Gasteiger charge is 2.25. The molecule has 0 amide bonds. The van der Waals surface area contributed by atoms with Gasteiger partial charge in [0.25, 0.3) is 5.69 Å². The summed E-state index contributed by atoms with van der Waals surface area (Å²) < 4.78 is 22.9. The molecule has 8 heteroatoms. The summed E-state index contributed by atoms with van der Waals surface area (Å²) in [5.41, 5.74) is -0.630. The smallest absolute Gasteiger partial charge is 0.258 e. The number of sulfone groups is 1. The normalized spacial score (nSPS) is 11.1. The van der Waals surface area contributed by atoms with Gasteiger partial charge in [-0.2, -0.15) is 0 Å². The maximum Gasteiger partial charge on any atom is 0.289 e. The number of benzene rings is 1. The van der Waals surface area contributed by atoms with E-state index >= 15 is 0 Å². The van der Waals surface area contributed by atoms with Crippen LogP contribution in [0.2, 0.25) is 10.0 Å². The van der Waals surface area contributed by atoms with Crippen LogP contribution < -0.4 is 0 Å². The molecule has 0 radical (unpaired) electrons. The largest absolute Gasteiger partial charge is 0.289 e. The van der Waals surface area contributed by atoms with E-state index in [-0.39, 0.29) is 10.0 Å². The molecule has 0 spiro atoms. The first-order valence-electron chi connectivity index (χ1n) is 3.80. The maximum absolute atomic E-state index is 11.5. The molecule has 0 fully saturated rings. The van der Waals surface area contributed by atoms with Gasteiger partial charge in [-0.05, 0) is 6.07 Å². The fraction of sp³-hybridized carbons (Fsp3) is 0. The zero-order valence-corrected chi connectivity index (χ0v) is 10.0. The monoisotopic (exact) mass is 281 g/mol. The summed E-state index contributed by atoms with van der Waals surface area (Å²) in [6.45, 7) is 3.07. The SMILES string of the molecule is C=CS(=O)(=O)c1cc(Cl)c(Cl)cc1[N+](=O)[O-]. The Balaban J connectivity index is 3.68. The van der Waals surface area contributed by atoms with Crippen LogP contribution in [-0.2, 0) is 9.84 Å². The molecular weight excluding hydrogens is 277 g/mol. The van der Waals surface area contributed by atoms with E-state index in [4.69, 9.17) is 23.2 Å². The van der Waals surface area contributed by atoms with Crippen molar-refractivity contribution in [1.29, 1.82) is 0 Å². The van der Waals surface area contributed by atoms with Crippen molar-refractivity contribution in [2.75, 3.05) is 0 Å². The van der Waals surface area contributed by atoms with Gasteiger partial charge in [0.1, 0.15) is 0 Å². The molecule has 0 heterocycles. The summed E-state index contributed by atoms with van der Waals surface area (Å²) >= 11 is 11.2. The van der Waals surface area contributed by atoms with Gasteiger partial charge in [0.2, 0.25) is 9.84 Å². The van der Waals surface area contributed by atoms with Crippen LogP contribution in [0.25, 0.3) is 0 Å². The highest BCUT2D eigenvalue weighted by atomic mass is 35.5. The Morgan fingerprint density at radius 2 is 1.81 bits per heavy atom. The highest BCUT2D eigenvalue weighted by Crippen LogP contribution is 2.33. The van der Waals surface area contributed by atoms with Crippen molar-refractivity contribution in [3.05, 3.63) is 44.3 Å². The number of nitro benzene ring substituents is 1. The van der Waals surface area contributed by atoms with Crippen LogP contribution in [0.4, 0.5) is 5.69 Å². The van der Waals surface area contributed by atoms with Crippen molar-refractivity contribution in [2.24, 2.45) is 0 Å². The van der Waals surface area contributed by atoms with Crippen LogP contribution in [-0.4, -0.2) is 13.3 Å². The molecule has 0 aromatic heterocycles. The number of hydrogen-bond donors (Lipinski definition) is 0. The van der Waals surface area contributed by atoms with Crippen molar-refractivity contribution >= 4 is 38.7 Å². The summed E-state index contributed by atoms with van der Waals surface area (Å²) in [7, 11) is -3.93. The highest BCUT2D eigenvalue weighted by molar-refractivity contribution is 7.94. The number of nitrogens with zero attached hydrogens (tertiary/aromatic N) is 1. The summed E-state index contributed by atoms with van der Waals surface area (Å²) in [4.78, 5) is 9.28. The molecule has 16 heavy (non-hydrogen) atoms. The average molecular weight is 282 g/mol. The Morgan fingerprint density at radius 3 is 2.25 bits per heavy atom. The number of halogens is 2. The minimum Gasteiger partial charge on any atom is -0.258 e. The van der Waals surface area contributed by atoms with E-state index in [2.05, 4.69) is 6.58 Å². The second-order valence-electron chi connectivity index (χ2n) is 2.70. The van der Waals surface area contributed by atoms with E-state index in [0.717, 1.165) is 12.1 Å². The molecule has 0 atom stereocenters. The van der Waals surface area contributed by atoms with Crippen molar-refractivity contribution < 1.29 is 13.3 Å². The molecular formula is C8H5Cl2NO4S. The third-order valence-corrected chi connectivity index (χ3v) is 3.83. The van der Waals surface area contributed by atoms with E-state index in [9.17, 15) is 18.5 Å². The fourth-order valence-electron chi connectivity index (χ4n) is 0.978. The first kappa shape index (κ1) is 13.0. The van der Waals surface area contributed by atoms with Crippen LogP contribution >= 0.6 is 23.2 Å². The van der Waals surface area contributed by atoms with Gasteiger partial charge in [-0.25, -0.2) is 8.42 Å². The Hall–Kier alpha value is -1.11. The Morgan fingerprint density at radius 1 is 1.31 bits per heavy atom. The lowest BCUT2D eigenvalue weighted by molar-refractivity contribution is -0.387. The maximum atomic E-state index is 11.5. The quantitative estimate of drug-likeness (QED) is 0.630. The van der Waals surface area contributed by atoms with Crippen molar-refractivity contribution in [3.63, 3.8) is 0 Å². The van der Waals surface area contributed by atoms with Gasteiger partial charge in [-0.15, -0.1) is 0 Å². The number of hydrogen-bond acceptors (Lipinski definition) is 4. The Bertz CT molecular complexity index is 568. The van der Waals surface area contributed by atoms with Gasteiger partial charge in [0.05, 0.1) is 15.0 Å². The van der Waals surface area contributed by atoms with E-state index in [1.807, 2.05) is 0 Å². The molecule has 0 aliphatic rings. The predicted octanol–water partition coefficient (Wildman–Crippen LogP) is 2.82. The third kappa shape index (κ3) is 2.34. The van der Waals surface area contributed by atoms with Gasteiger partial charge in [0, 0.05) is 11.5 Å². The van der Waals surface area contributed by atoms with E-state index < -0.39 is 25.3 Å². The summed E-state index contributed by atoms with van der Waals surface area (Å²) in [5, 5.41) is 11.1. The Labute approximate surface area is 101 Å². The van der Waals surface area contributed by atoms with Crippen molar-refractivity contribution in [2.45, 2.75) is 4.90 Å². The molecule has 0 aliphatic heterocycles. The molecule has 1 rings (SSSR count). The number of nitro groups is 1. The molecule has 5 nitrogen and oxygen atoms in total. The summed E-state index contributed by atoms with van der Waals surface area (Å²) in [6, 6.07) is 1.82. The minimum atomic E-state index is -3.93. The van der Waals surface area contributed by atoms with Crippen LogP contribution in [0.1, 0.15) is 0 Å². The molecule has 0 N–H and O–H groups in total. The first-order valence-corrected chi connectivity index (χ1v) is 6.11. The summed E-state index contributed by atoms with van der Waals surface area (Å²) in [5.74, 6) is 0. The fourth-order valence-corrected chi connectivity index (χ4v) is 2.25. The van der Waals surface area contributed by atoms with Crippen LogP contribution in [0.3, 0.4) is 0 Å². The van der Waals surface area contributed by atoms with E-state index in [1.165, 1.54) is 0 Å². The van der Waals surface area contributed by atoms with E-state index in [1.54, 1.807) is 0 Å². The minimum absolute atomic E-state index is 0.0762. The van der Waals surface area contributed by atoms with Gasteiger partial charge in [-0.3, -0.25) is 10.1 Å². The van der Waals surface area contributed by atoms with E-state index in [0.29, 0.717) is 5.41 Å². The van der Waals surface area contributed by atoms with Crippen LogP contribution in [0.5, 0.6) is 0 Å². The second-order valence-corrected chi connectivity index (χ2v) is 5.38. The molecule has 0 unspecified atom stereocenters. The Kier molecular flexibility index (Phi) is 3.57. The second kappa shape index (κ2) is 4.40. The van der Waals surface area contributed by atoms with Gasteiger partial charge >= 0.3 is 0 Å². The van der Waals surface area contributed by atoms with Crippen LogP contribution in [0, 0.1) is 10.1 Å². The molecule has 1 aromatic rings. The molecule has 0 aliphatic carbocycles. The predicted molar refractivity (Wildman–Crippen MR) is 60.5 cm³/mol. The lowest BCUT2D eigenvalue weighted by Crippen LogP contribution is -2.01. The lowest BCUT2D eigenvalue weighted by atomic mass is 10.3. The molecule has 0 saturated heterocycles. The molecule has 0 bridgehead atoms. The number of rotatable bonds is 3. The zero-order chi connectivity index (χ0) is 12.5. The van der Waals surface area contributed by atoms with Gasteiger partial charge < -0.3 is 0 Å². The average Bonchev–Trinajstić information content (AvgIpc) is 2.21. The molecule has 1 aromatic carbocycles. The van der Waals surface area contributed by atoms with Crippen molar-refractivity contribution in [3.8, 4) is 0 Å². The standard InChI is InChI=1S/C8H5Cl2NO4S/c1-2-16(14,15)8-4-6(10)5(9)3-7(8)11(12)13/h2-4H,1H2. The summed E-state index contributed by atoms with van der Waals surface area (Å²) in [6.07, 6.45) is 0. The lowest BCUT2D eigenvalue weighted by Gasteiger charge is -2.03. The van der Waals surface area contributed by atoms with Gasteiger partial charge in [0.15, 0.2) is 4.90 Å². The first-order chi connectivity index (χ1) is 7.29. The van der Waals surface area contributed by atoms with Crippen LogP contribution in [0.15, 0.2) is 29.0 Å². The zero-order valence-electron chi connectivity index (χ0n) is 7.68. The van der Waals surface area contributed by atoms with Gasteiger partial charge in [-0.1, -0.05) is 29.8 Å². The topological polar surface area (TPSA) is 77.3 Å². The van der Waals surface area contributed by atoms with Crippen molar-refractivity contribution in [1.82, 2.24) is 0 Å². The molecule has 86 valence electrons.